The van der Waals surface area contributed by atoms with Gasteiger partial charge in [-0.15, -0.1) is 0 Å². The maximum absolute atomic E-state index is 13.8. The first-order valence-electron chi connectivity index (χ1n) is 13.9. The molecule has 1 amide bonds. The molecule has 3 aromatic heterocycles. The molecule has 1 aliphatic carbocycles. The summed E-state index contributed by atoms with van der Waals surface area (Å²) < 4.78 is 15.8. The molecule has 39 heavy (non-hydrogen) atoms. The van der Waals surface area contributed by atoms with Gasteiger partial charge in [0.05, 0.1) is 24.9 Å². The molecule has 3 heterocycles. The number of carbonyl (C=O) groups excluding carboxylic acids is 1. The molecule has 1 aromatic carbocycles. The third-order valence-electron chi connectivity index (χ3n) is 7.81. The van der Waals surface area contributed by atoms with Crippen molar-refractivity contribution < 1.29 is 14.3 Å². The molecule has 0 unspecified atom stereocenters. The minimum Gasteiger partial charge on any atom is -0.494 e. The summed E-state index contributed by atoms with van der Waals surface area (Å²) in [4.78, 5) is 25.3. The normalized spacial score (nSPS) is 15.1. The molecule has 2 N–H and O–H groups in total. The number of carbonyl (C=O) groups is 1. The number of hydrogen-bond acceptors (Lipinski definition) is 6. The summed E-state index contributed by atoms with van der Waals surface area (Å²) in [6.45, 7) is 9.52. The molecule has 0 spiro atoms. The number of methoxy groups -OCH3 is 1. The van der Waals surface area contributed by atoms with E-state index in [2.05, 4.69) is 33.2 Å². The first kappa shape index (κ1) is 27.1. The Morgan fingerprint density at radius 2 is 2.05 bits per heavy atom. The molecule has 1 saturated carbocycles. The van der Waals surface area contributed by atoms with E-state index in [1.807, 2.05) is 50.2 Å². The Kier molecular flexibility index (Phi) is 7.64. The van der Waals surface area contributed by atoms with E-state index in [9.17, 15) is 4.79 Å². The lowest BCUT2D eigenvalue weighted by Gasteiger charge is -2.34. The average molecular weight is 533 g/mol. The molecule has 1 fully saturated rings. The molecular weight excluding hydrogens is 492 g/mol. The van der Waals surface area contributed by atoms with Crippen molar-refractivity contribution >= 4 is 28.0 Å². The Morgan fingerprint density at radius 3 is 2.72 bits per heavy atom. The topological polar surface area (TPSA) is 100 Å². The molecule has 9 nitrogen and oxygen atoms in total. The van der Waals surface area contributed by atoms with Crippen LogP contribution in [-0.4, -0.2) is 69.9 Å². The zero-order valence-corrected chi connectivity index (χ0v) is 23.7. The predicted octanol–water partition coefficient (Wildman–Crippen LogP) is 4.47. The zero-order chi connectivity index (χ0) is 27.7. The lowest BCUT2D eigenvalue weighted by atomic mass is 9.91. The molecule has 9 heteroatoms. The number of rotatable bonds is 12. The van der Waals surface area contributed by atoms with Gasteiger partial charge in [-0.3, -0.25) is 4.79 Å². The Morgan fingerprint density at radius 1 is 1.26 bits per heavy atom. The lowest BCUT2D eigenvalue weighted by Crippen LogP contribution is -2.46. The van der Waals surface area contributed by atoms with Gasteiger partial charge in [0.1, 0.15) is 16.9 Å². The van der Waals surface area contributed by atoms with E-state index in [1.54, 1.807) is 7.11 Å². The van der Waals surface area contributed by atoms with Crippen molar-refractivity contribution in [2.24, 2.45) is 24.1 Å². The number of fused-ring (bicyclic) bond motifs is 2. The van der Waals surface area contributed by atoms with Gasteiger partial charge in [0.2, 0.25) is 0 Å². The van der Waals surface area contributed by atoms with E-state index in [0.29, 0.717) is 50.1 Å². The van der Waals surface area contributed by atoms with E-state index in [1.165, 1.54) is 12.8 Å². The van der Waals surface area contributed by atoms with Gasteiger partial charge in [-0.25, -0.2) is 9.97 Å². The number of aryl methyl sites for hydroxylation is 1. The maximum atomic E-state index is 13.8. The number of ether oxygens (including phenoxy) is 2. The van der Waals surface area contributed by atoms with Crippen LogP contribution < -0.4 is 10.5 Å². The molecule has 4 aromatic rings. The van der Waals surface area contributed by atoms with Crippen molar-refractivity contribution in [1.82, 2.24) is 24.0 Å². The minimum absolute atomic E-state index is 0.0758. The van der Waals surface area contributed by atoms with E-state index in [-0.39, 0.29) is 11.3 Å². The van der Waals surface area contributed by atoms with Crippen molar-refractivity contribution in [3.63, 3.8) is 0 Å². The number of aromatic nitrogens is 4. The van der Waals surface area contributed by atoms with Crippen LogP contribution in [0.2, 0.25) is 0 Å². The zero-order valence-electron chi connectivity index (χ0n) is 23.7. The summed E-state index contributed by atoms with van der Waals surface area (Å²) in [6.07, 6.45) is 4.33. The molecule has 1 aliphatic rings. The van der Waals surface area contributed by atoms with Crippen LogP contribution in [0.15, 0.2) is 36.5 Å². The lowest BCUT2D eigenvalue weighted by molar-refractivity contribution is 0.0359. The van der Waals surface area contributed by atoms with Gasteiger partial charge in [-0.1, -0.05) is 6.92 Å². The van der Waals surface area contributed by atoms with Gasteiger partial charge in [0.15, 0.2) is 5.82 Å². The molecule has 5 rings (SSSR count). The highest BCUT2D eigenvalue weighted by Gasteiger charge is 2.30. The number of amides is 1. The van der Waals surface area contributed by atoms with Gasteiger partial charge in [-0.05, 0) is 62.9 Å². The van der Waals surface area contributed by atoms with Crippen LogP contribution in [0.1, 0.15) is 44.0 Å². The molecule has 0 radical (unpaired) electrons. The molecule has 0 saturated heterocycles. The van der Waals surface area contributed by atoms with Gasteiger partial charge in [0, 0.05) is 62.4 Å². The van der Waals surface area contributed by atoms with Crippen molar-refractivity contribution in [1.29, 1.82) is 0 Å². The first-order chi connectivity index (χ1) is 18.8. The quantitative estimate of drug-likeness (QED) is 0.289. The third-order valence-corrected chi connectivity index (χ3v) is 7.81. The average Bonchev–Trinajstić information content (AvgIpc) is 3.62. The number of nitrogens with zero attached hydrogens (tertiary/aromatic N) is 5. The Hall–Kier alpha value is -3.43. The Bertz CT molecular complexity index is 1490. The Labute approximate surface area is 229 Å². The van der Waals surface area contributed by atoms with Crippen LogP contribution in [0.25, 0.3) is 33.6 Å². The number of hydrogen-bond donors (Lipinski definition) is 1. The third kappa shape index (κ3) is 5.25. The molecule has 1 atom stereocenters. The second-order valence-corrected chi connectivity index (χ2v) is 11.0. The van der Waals surface area contributed by atoms with Crippen LogP contribution in [0.5, 0.6) is 5.75 Å². The summed E-state index contributed by atoms with van der Waals surface area (Å²) in [5, 5.41) is 1.09. The number of nitrogens with two attached hydrogens (primary N) is 1. The fraction of sp³-hybridized carbons (Fsp3) is 0.500. The highest BCUT2D eigenvalue weighted by atomic mass is 16.5. The van der Waals surface area contributed by atoms with Crippen LogP contribution in [-0.2, 0) is 18.3 Å². The van der Waals surface area contributed by atoms with Gasteiger partial charge in [0.25, 0.3) is 5.91 Å². The number of pyridine rings is 1. The van der Waals surface area contributed by atoms with Crippen molar-refractivity contribution in [3.05, 3.63) is 42.1 Å². The maximum Gasteiger partial charge on any atom is 0.254 e. The van der Waals surface area contributed by atoms with E-state index < -0.39 is 0 Å². The fourth-order valence-electron chi connectivity index (χ4n) is 5.32. The molecular formula is C30H40N6O3. The summed E-state index contributed by atoms with van der Waals surface area (Å²) in [5.41, 5.74) is 9.88. The predicted molar refractivity (Wildman–Crippen MR) is 154 cm³/mol. The second-order valence-electron chi connectivity index (χ2n) is 11.0. The van der Waals surface area contributed by atoms with Gasteiger partial charge in [-0.2, -0.15) is 0 Å². The van der Waals surface area contributed by atoms with E-state index in [4.69, 9.17) is 20.2 Å². The fourth-order valence-corrected chi connectivity index (χ4v) is 5.32. The Balaban J connectivity index is 1.55. The largest absolute Gasteiger partial charge is 0.494 e. The molecule has 0 aliphatic heterocycles. The van der Waals surface area contributed by atoms with Crippen LogP contribution >= 0.6 is 0 Å². The van der Waals surface area contributed by atoms with Crippen LogP contribution in [0.4, 0.5) is 0 Å². The summed E-state index contributed by atoms with van der Waals surface area (Å²) in [7, 11) is 3.63. The summed E-state index contributed by atoms with van der Waals surface area (Å²) >= 11 is 0. The number of imidazole rings is 1. The molecule has 0 bridgehead atoms. The summed E-state index contributed by atoms with van der Waals surface area (Å²) in [5.74, 6) is 2.04. The summed E-state index contributed by atoms with van der Waals surface area (Å²) in [6, 6.07) is 9.92. The SMILES string of the molecule is CCOC[C@@](C)(CN)CN(CC)C(=O)c1cc(OC)c2c(c1)nc(-c1cc3cccnc3n1CC1CC1)n2C. The second kappa shape index (κ2) is 11.0. The first-order valence-corrected chi connectivity index (χ1v) is 13.9. The highest BCUT2D eigenvalue weighted by Crippen LogP contribution is 2.37. The minimum atomic E-state index is -0.336. The van der Waals surface area contributed by atoms with Crippen LogP contribution in [0.3, 0.4) is 0 Å². The number of benzene rings is 1. The highest BCUT2D eigenvalue weighted by molar-refractivity contribution is 6.00. The van der Waals surface area contributed by atoms with E-state index in [0.717, 1.165) is 40.1 Å². The van der Waals surface area contributed by atoms with Gasteiger partial charge >= 0.3 is 0 Å². The van der Waals surface area contributed by atoms with Crippen LogP contribution in [0, 0.1) is 11.3 Å². The monoisotopic (exact) mass is 532 g/mol. The van der Waals surface area contributed by atoms with E-state index >= 15 is 0 Å². The van der Waals surface area contributed by atoms with Crippen molar-refractivity contribution in [2.45, 2.75) is 40.2 Å². The standard InChI is InChI=1S/C30H40N6O3/c1-6-35(18-30(3,17-31)19-39-7-2)29(37)22-13-23-26(25(15-22)38-5)34(4)28(33-23)24-14-21-9-8-12-32-27(21)36(24)16-20-10-11-20/h8-9,12-15,20H,6-7,10-11,16-19,31H2,1-5H3/t30-/m0/s1. The molecule has 208 valence electrons. The van der Waals surface area contributed by atoms with Crippen molar-refractivity contribution in [3.8, 4) is 17.3 Å². The van der Waals surface area contributed by atoms with Gasteiger partial charge < -0.3 is 29.2 Å². The smallest absolute Gasteiger partial charge is 0.254 e. The van der Waals surface area contributed by atoms with Crippen molar-refractivity contribution in [2.75, 3.05) is 40.0 Å².